The van der Waals surface area contributed by atoms with Gasteiger partial charge < -0.3 is 5.32 Å². The summed E-state index contributed by atoms with van der Waals surface area (Å²) in [4.78, 5) is 2.55. The first-order valence-corrected chi connectivity index (χ1v) is 7.99. The van der Waals surface area contributed by atoms with Gasteiger partial charge in [-0.15, -0.1) is 0 Å². The zero-order valence-electron chi connectivity index (χ0n) is 14.0. The van der Waals surface area contributed by atoms with E-state index < -0.39 is 0 Å². The Morgan fingerprint density at radius 3 is 2.15 bits per heavy atom. The quantitative estimate of drug-likeness (QED) is 0.765. The smallest absolute Gasteiger partial charge is 0.0233 e. The molecule has 0 aliphatic carbocycles. The molecule has 2 nitrogen and oxygen atoms in total. The third kappa shape index (κ3) is 7.06. The van der Waals surface area contributed by atoms with Gasteiger partial charge in [-0.05, 0) is 57.8 Å². The Bertz CT molecular complexity index is 373. The molecule has 0 aliphatic rings. The monoisotopic (exact) mass is 276 g/mol. The van der Waals surface area contributed by atoms with E-state index in [1.54, 1.807) is 0 Å². The lowest BCUT2D eigenvalue weighted by molar-refractivity contribution is 0.266. The average molecular weight is 276 g/mol. The fraction of sp³-hybridized carbons (Fsp3) is 0.667. The van der Waals surface area contributed by atoms with Gasteiger partial charge in [-0.25, -0.2) is 0 Å². The summed E-state index contributed by atoms with van der Waals surface area (Å²) in [6.07, 6.45) is 2.45. The molecular formula is C18H32N2. The van der Waals surface area contributed by atoms with Crippen molar-refractivity contribution < 1.29 is 0 Å². The molecular weight excluding hydrogens is 244 g/mol. The van der Waals surface area contributed by atoms with Gasteiger partial charge in [0.15, 0.2) is 0 Å². The van der Waals surface area contributed by atoms with Crippen LogP contribution in [0.4, 0.5) is 0 Å². The van der Waals surface area contributed by atoms with Crippen LogP contribution in [0.2, 0.25) is 0 Å². The molecule has 0 heterocycles. The largest absolute Gasteiger partial charge is 0.308 e. The van der Waals surface area contributed by atoms with Crippen molar-refractivity contribution in [3.8, 4) is 0 Å². The summed E-state index contributed by atoms with van der Waals surface area (Å²) in [6.45, 7) is 15.5. The maximum absolute atomic E-state index is 3.56. The van der Waals surface area contributed by atoms with Crippen molar-refractivity contribution in [2.45, 2.75) is 66.1 Å². The highest BCUT2D eigenvalue weighted by molar-refractivity contribution is 5.23. The van der Waals surface area contributed by atoms with E-state index in [1.807, 2.05) is 0 Å². The molecule has 0 fully saturated rings. The lowest BCUT2D eigenvalue weighted by Crippen LogP contribution is -2.35. The van der Waals surface area contributed by atoms with Crippen molar-refractivity contribution >= 4 is 0 Å². The topological polar surface area (TPSA) is 15.3 Å². The molecule has 1 rings (SSSR count). The standard InChI is InChI=1S/C18H32N2/c1-6-11-20(12-7-2)15-17-10-8-9-16(13-17)14-19-18(3,4)5/h8-10,13,19H,6-7,11-12,14-15H2,1-5H3. The van der Waals surface area contributed by atoms with Gasteiger partial charge in [0.2, 0.25) is 0 Å². The first-order chi connectivity index (χ1) is 9.44. The Balaban J connectivity index is 2.62. The van der Waals surface area contributed by atoms with E-state index >= 15 is 0 Å². The molecule has 114 valence electrons. The van der Waals surface area contributed by atoms with Gasteiger partial charge in [-0.3, -0.25) is 4.90 Å². The molecule has 0 aliphatic heterocycles. The lowest BCUT2D eigenvalue weighted by atomic mass is 10.1. The van der Waals surface area contributed by atoms with Gasteiger partial charge in [-0.1, -0.05) is 38.1 Å². The summed E-state index contributed by atoms with van der Waals surface area (Å²) >= 11 is 0. The van der Waals surface area contributed by atoms with Gasteiger partial charge in [0.25, 0.3) is 0 Å². The molecule has 1 N–H and O–H groups in total. The van der Waals surface area contributed by atoms with Gasteiger partial charge >= 0.3 is 0 Å². The van der Waals surface area contributed by atoms with Crippen molar-refractivity contribution in [2.75, 3.05) is 13.1 Å². The highest BCUT2D eigenvalue weighted by Crippen LogP contribution is 2.11. The molecule has 0 amide bonds. The minimum absolute atomic E-state index is 0.173. The second-order valence-corrected chi connectivity index (χ2v) is 6.70. The van der Waals surface area contributed by atoms with Crippen LogP contribution >= 0.6 is 0 Å². The molecule has 20 heavy (non-hydrogen) atoms. The van der Waals surface area contributed by atoms with Crippen molar-refractivity contribution in [1.29, 1.82) is 0 Å². The van der Waals surface area contributed by atoms with Crippen LogP contribution in [-0.4, -0.2) is 23.5 Å². The third-order valence-corrected chi connectivity index (χ3v) is 3.30. The maximum Gasteiger partial charge on any atom is 0.0233 e. The average Bonchev–Trinajstić information content (AvgIpc) is 2.37. The number of hydrogen-bond acceptors (Lipinski definition) is 2. The predicted molar refractivity (Wildman–Crippen MR) is 88.9 cm³/mol. The SMILES string of the molecule is CCCN(CCC)Cc1cccc(CNC(C)(C)C)c1. The zero-order valence-corrected chi connectivity index (χ0v) is 14.0. The van der Waals surface area contributed by atoms with E-state index in [4.69, 9.17) is 0 Å². The van der Waals surface area contributed by atoms with E-state index in [9.17, 15) is 0 Å². The fourth-order valence-corrected chi connectivity index (χ4v) is 2.37. The highest BCUT2D eigenvalue weighted by Gasteiger charge is 2.09. The van der Waals surface area contributed by atoms with E-state index in [1.165, 1.54) is 37.1 Å². The number of nitrogens with one attached hydrogen (secondary N) is 1. The van der Waals surface area contributed by atoms with Crippen LogP contribution in [0.3, 0.4) is 0 Å². The predicted octanol–water partition coefficient (Wildman–Crippen LogP) is 4.20. The Labute approximate surface area is 125 Å². The van der Waals surface area contributed by atoms with Crippen molar-refractivity contribution in [3.63, 3.8) is 0 Å². The number of rotatable bonds is 8. The molecule has 0 unspecified atom stereocenters. The Morgan fingerprint density at radius 1 is 1.00 bits per heavy atom. The molecule has 0 spiro atoms. The van der Waals surface area contributed by atoms with E-state index in [0.717, 1.165) is 13.1 Å². The normalized spacial score (nSPS) is 12.1. The molecule has 0 saturated heterocycles. The van der Waals surface area contributed by atoms with Crippen LogP contribution in [0.25, 0.3) is 0 Å². The number of nitrogens with zero attached hydrogens (tertiary/aromatic N) is 1. The Hall–Kier alpha value is -0.860. The fourth-order valence-electron chi connectivity index (χ4n) is 2.37. The van der Waals surface area contributed by atoms with E-state index in [2.05, 4.69) is 69.1 Å². The summed E-state index contributed by atoms with van der Waals surface area (Å²) in [7, 11) is 0. The van der Waals surface area contributed by atoms with Crippen molar-refractivity contribution in [3.05, 3.63) is 35.4 Å². The van der Waals surface area contributed by atoms with Gasteiger partial charge in [-0.2, -0.15) is 0 Å². The Kier molecular flexibility index (Phi) is 7.25. The van der Waals surface area contributed by atoms with E-state index in [-0.39, 0.29) is 5.54 Å². The zero-order chi connectivity index (χ0) is 15.0. The summed E-state index contributed by atoms with van der Waals surface area (Å²) in [5.74, 6) is 0. The molecule has 0 radical (unpaired) electrons. The summed E-state index contributed by atoms with van der Waals surface area (Å²) in [6, 6.07) is 8.99. The second kappa shape index (κ2) is 8.43. The molecule has 2 heteroatoms. The van der Waals surface area contributed by atoms with Crippen LogP contribution in [0.5, 0.6) is 0 Å². The van der Waals surface area contributed by atoms with Crippen LogP contribution in [0.1, 0.15) is 58.6 Å². The molecule has 0 bridgehead atoms. The van der Waals surface area contributed by atoms with E-state index in [0.29, 0.717) is 0 Å². The molecule has 1 aromatic carbocycles. The summed E-state index contributed by atoms with van der Waals surface area (Å²) in [5, 5.41) is 3.56. The number of benzene rings is 1. The van der Waals surface area contributed by atoms with Crippen molar-refractivity contribution in [2.24, 2.45) is 0 Å². The molecule has 0 aromatic heterocycles. The van der Waals surface area contributed by atoms with Crippen LogP contribution in [-0.2, 0) is 13.1 Å². The first kappa shape index (κ1) is 17.2. The Morgan fingerprint density at radius 2 is 1.60 bits per heavy atom. The molecule has 0 saturated carbocycles. The highest BCUT2D eigenvalue weighted by atomic mass is 15.1. The second-order valence-electron chi connectivity index (χ2n) is 6.70. The minimum atomic E-state index is 0.173. The van der Waals surface area contributed by atoms with Gasteiger partial charge in [0.1, 0.15) is 0 Å². The van der Waals surface area contributed by atoms with Crippen LogP contribution < -0.4 is 5.32 Å². The minimum Gasteiger partial charge on any atom is -0.308 e. The van der Waals surface area contributed by atoms with Crippen molar-refractivity contribution in [1.82, 2.24) is 10.2 Å². The van der Waals surface area contributed by atoms with Gasteiger partial charge in [0.05, 0.1) is 0 Å². The van der Waals surface area contributed by atoms with Gasteiger partial charge in [0, 0.05) is 18.6 Å². The molecule has 1 aromatic rings. The maximum atomic E-state index is 3.56. The molecule has 0 atom stereocenters. The summed E-state index contributed by atoms with van der Waals surface area (Å²) < 4.78 is 0. The number of hydrogen-bond donors (Lipinski definition) is 1. The van der Waals surface area contributed by atoms with Crippen LogP contribution in [0, 0.1) is 0 Å². The summed E-state index contributed by atoms with van der Waals surface area (Å²) in [5.41, 5.74) is 2.98. The lowest BCUT2D eigenvalue weighted by Gasteiger charge is -2.22. The third-order valence-electron chi connectivity index (χ3n) is 3.30. The van der Waals surface area contributed by atoms with Crippen LogP contribution in [0.15, 0.2) is 24.3 Å². The first-order valence-electron chi connectivity index (χ1n) is 7.99.